The van der Waals surface area contributed by atoms with Gasteiger partial charge in [-0.2, -0.15) is 0 Å². The molecule has 0 aliphatic rings. The fourth-order valence-corrected chi connectivity index (χ4v) is 1.56. The van der Waals surface area contributed by atoms with Crippen LogP contribution in [0.2, 0.25) is 0 Å². The molecule has 1 unspecified atom stereocenters. The Bertz CT molecular complexity index is 357. The minimum Gasteiger partial charge on any atom is -0.465 e. The quantitative estimate of drug-likeness (QED) is 0.715. The molecule has 86 valence electrons. The van der Waals surface area contributed by atoms with E-state index in [1.165, 1.54) is 6.92 Å². The van der Waals surface area contributed by atoms with E-state index in [2.05, 4.69) is 0 Å². The molecular weight excluding hydrogens is 204 g/mol. The lowest BCUT2D eigenvalue weighted by Gasteiger charge is -2.15. The lowest BCUT2D eigenvalue weighted by Crippen LogP contribution is -2.13. The minimum absolute atomic E-state index is 0.0393. The molecule has 16 heavy (non-hydrogen) atoms. The second kappa shape index (κ2) is 6.05. The van der Waals surface area contributed by atoms with Crippen LogP contribution in [0, 0.1) is 0 Å². The van der Waals surface area contributed by atoms with Crippen LogP contribution in [0.25, 0.3) is 0 Å². The maximum atomic E-state index is 11.1. The summed E-state index contributed by atoms with van der Waals surface area (Å²) in [5, 5.41) is 0. The van der Waals surface area contributed by atoms with Crippen molar-refractivity contribution in [1.82, 2.24) is 0 Å². The van der Waals surface area contributed by atoms with Crippen molar-refractivity contribution in [3.05, 3.63) is 35.9 Å². The first-order valence-corrected chi connectivity index (χ1v) is 5.27. The maximum absolute atomic E-state index is 11.1. The summed E-state index contributed by atoms with van der Waals surface area (Å²) in [6, 6.07) is 9.63. The zero-order chi connectivity index (χ0) is 12.0. The van der Waals surface area contributed by atoms with Crippen molar-refractivity contribution in [2.24, 2.45) is 0 Å². The Morgan fingerprint density at radius 3 is 2.31 bits per heavy atom. The highest BCUT2D eigenvalue weighted by Crippen LogP contribution is 2.20. The summed E-state index contributed by atoms with van der Waals surface area (Å²) in [5.74, 6) is -0.256. The normalized spacial score (nSPS) is 11.9. The second-order valence-electron chi connectivity index (χ2n) is 3.82. The van der Waals surface area contributed by atoms with Crippen molar-refractivity contribution < 1.29 is 14.3 Å². The van der Waals surface area contributed by atoms with Gasteiger partial charge < -0.3 is 9.53 Å². The van der Waals surface area contributed by atoms with E-state index in [4.69, 9.17) is 4.74 Å². The van der Waals surface area contributed by atoms with Crippen molar-refractivity contribution in [2.45, 2.75) is 26.2 Å². The van der Waals surface area contributed by atoms with Gasteiger partial charge in [-0.05, 0) is 12.5 Å². The predicted molar refractivity (Wildman–Crippen MR) is 61.1 cm³/mol. The number of ketones is 1. The van der Waals surface area contributed by atoms with Gasteiger partial charge in [-0.1, -0.05) is 30.3 Å². The average Bonchev–Trinajstić information content (AvgIpc) is 2.25. The van der Waals surface area contributed by atoms with Gasteiger partial charge in [-0.15, -0.1) is 0 Å². The van der Waals surface area contributed by atoms with Crippen molar-refractivity contribution in [3.63, 3.8) is 0 Å². The van der Waals surface area contributed by atoms with E-state index in [-0.39, 0.29) is 24.3 Å². The van der Waals surface area contributed by atoms with Crippen LogP contribution in [0.15, 0.2) is 30.3 Å². The number of hydrogen-bond acceptors (Lipinski definition) is 3. The molecule has 0 saturated heterocycles. The highest BCUT2D eigenvalue weighted by molar-refractivity contribution is 5.76. The third kappa shape index (κ3) is 4.26. The Balaban J connectivity index is 2.71. The van der Waals surface area contributed by atoms with Crippen molar-refractivity contribution in [2.75, 3.05) is 6.61 Å². The number of ether oxygens (including phenoxy) is 1. The Labute approximate surface area is 95.4 Å². The largest absolute Gasteiger partial charge is 0.465 e. The number of rotatable bonds is 5. The summed E-state index contributed by atoms with van der Waals surface area (Å²) in [4.78, 5) is 21.9. The summed E-state index contributed by atoms with van der Waals surface area (Å²) >= 11 is 0. The number of esters is 1. The van der Waals surface area contributed by atoms with Crippen LogP contribution >= 0.6 is 0 Å². The molecule has 0 aliphatic carbocycles. The molecular formula is C13H16O3. The van der Waals surface area contributed by atoms with Crippen LogP contribution in [0.4, 0.5) is 0 Å². The molecule has 1 aromatic rings. The molecule has 0 heterocycles. The highest BCUT2D eigenvalue weighted by Gasteiger charge is 2.15. The minimum atomic E-state index is -0.315. The SMILES string of the molecule is CC(=O)CC(COC(C)=O)c1ccccc1. The number of carbonyl (C=O) groups excluding carboxylic acids is 2. The first-order chi connectivity index (χ1) is 7.59. The topological polar surface area (TPSA) is 43.4 Å². The van der Waals surface area contributed by atoms with E-state index in [0.717, 1.165) is 5.56 Å². The van der Waals surface area contributed by atoms with Crippen LogP contribution in [-0.2, 0) is 14.3 Å². The Morgan fingerprint density at radius 1 is 1.19 bits per heavy atom. The molecule has 0 amide bonds. The second-order valence-corrected chi connectivity index (χ2v) is 3.82. The van der Waals surface area contributed by atoms with Gasteiger partial charge in [-0.3, -0.25) is 4.79 Å². The molecule has 1 atom stereocenters. The number of Topliss-reactive ketones (excluding diaryl/α,β-unsaturated/α-hetero) is 1. The van der Waals surface area contributed by atoms with Gasteiger partial charge >= 0.3 is 5.97 Å². The van der Waals surface area contributed by atoms with Gasteiger partial charge in [0.15, 0.2) is 0 Å². The summed E-state index contributed by atoms with van der Waals surface area (Å²) in [5.41, 5.74) is 1.03. The summed E-state index contributed by atoms with van der Waals surface area (Å²) in [6.45, 7) is 3.18. The van der Waals surface area contributed by atoms with E-state index in [9.17, 15) is 9.59 Å². The molecule has 0 fully saturated rings. The van der Waals surface area contributed by atoms with E-state index < -0.39 is 0 Å². The van der Waals surface area contributed by atoms with Gasteiger partial charge in [0.2, 0.25) is 0 Å². The number of benzene rings is 1. The smallest absolute Gasteiger partial charge is 0.302 e. The van der Waals surface area contributed by atoms with Gasteiger partial charge in [-0.25, -0.2) is 0 Å². The molecule has 1 rings (SSSR count). The van der Waals surface area contributed by atoms with E-state index in [0.29, 0.717) is 6.42 Å². The van der Waals surface area contributed by atoms with Gasteiger partial charge in [0.25, 0.3) is 0 Å². The Hall–Kier alpha value is -1.64. The molecule has 0 radical (unpaired) electrons. The lowest BCUT2D eigenvalue weighted by atomic mass is 9.95. The predicted octanol–water partition coefficient (Wildman–Crippen LogP) is 2.31. The summed E-state index contributed by atoms with van der Waals surface area (Å²) in [6.07, 6.45) is 0.400. The summed E-state index contributed by atoms with van der Waals surface area (Å²) in [7, 11) is 0. The van der Waals surface area contributed by atoms with E-state index in [1.807, 2.05) is 30.3 Å². The van der Waals surface area contributed by atoms with Crippen molar-refractivity contribution in [1.29, 1.82) is 0 Å². The third-order valence-corrected chi connectivity index (χ3v) is 2.29. The van der Waals surface area contributed by atoms with Crippen LogP contribution in [0.1, 0.15) is 31.7 Å². The highest BCUT2D eigenvalue weighted by atomic mass is 16.5. The molecule has 3 nitrogen and oxygen atoms in total. The van der Waals surface area contributed by atoms with Crippen LogP contribution in [0.5, 0.6) is 0 Å². The maximum Gasteiger partial charge on any atom is 0.302 e. The molecule has 0 bridgehead atoms. The summed E-state index contributed by atoms with van der Waals surface area (Å²) < 4.78 is 4.97. The number of hydrogen-bond donors (Lipinski definition) is 0. The molecule has 3 heteroatoms. The van der Waals surface area contributed by atoms with Crippen LogP contribution < -0.4 is 0 Å². The monoisotopic (exact) mass is 220 g/mol. The third-order valence-electron chi connectivity index (χ3n) is 2.29. The first-order valence-electron chi connectivity index (χ1n) is 5.27. The van der Waals surface area contributed by atoms with Crippen LogP contribution in [-0.4, -0.2) is 18.4 Å². The van der Waals surface area contributed by atoms with E-state index >= 15 is 0 Å². The fraction of sp³-hybridized carbons (Fsp3) is 0.385. The molecule has 0 spiro atoms. The number of carbonyl (C=O) groups is 2. The van der Waals surface area contributed by atoms with Gasteiger partial charge in [0.05, 0.1) is 6.61 Å². The molecule has 0 N–H and O–H groups in total. The van der Waals surface area contributed by atoms with Gasteiger partial charge in [0.1, 0.15) is 5.78 Å². The molecule has 0 aliphatic heterocycles. The Kier molecular flexibility index (Phi) is 4.70. The Morgan fingerprint density at radius 2 is 1.81 bits per heavy atom. The standard InChI is InChI=1S/C13H16O3/c1-10(14)8-13(9-16-11(2)15)12-6-4-3-5-7-12/h3-7,13H,8-9H2,1-2H3. The zero-order valence-electron chi connectivity index (χ0n) is 9.60. The average molecular weight is 220 g/mol. The molecule has 1 aromatic carbocycles. The lowest BCUT2D eigenvalue weighted by molar-refractivity contribution is -0.142. The zero-order valence-corrected chi connectivity index (χ0v) is 9.60. The molecule has 0 saturated carbocycles. The van der Waals surface area contributed by atoms with Crippen molar-refractivity contribution >= 4 is 11.8 Å². The molecule has 0 aromatic heterocycles. The first kappa shape index (κ1) is 12.4. The van der Waals surface area contributed by atoms with E-state index in [1.54, 1.807) is 6.92 Å². The van der Waals surface area contributed by atoms with Crippen LogP contribution in [0.3, 0.4) is 0 Å². The van der Waals surface area contributed by atoms with Gasteiger partial charge in [0, 0.05) is 19.3 Å². The fourth-order valence-electron chi connectivity index (χ4n) is 1.56. The van der Waals surface area contributed by atoms with Crippen molar-refractivity contribution in [3.8, 4) is 0 Å².